The lowest BCUT2D eigenvalue weighted by Gasteiger charge is -2.43. The zero-order valence-corrected chi connectivity index (χ0v) is 9.56. The molecule has 14 heavy (non-hydrogen) atoms. The lowest BCUT2D eigenvalue weighted by molar-refractivity contribution is 0.00552. The molecule has 2 saturated heterocycles. The molecule has 0 saturated carbocycles. The molecule has 0 spiro atoms. The van der Waals surface area contributed by atoms with Crippen molar-refractivity contribution in [2.75, 3.05) is 0 Å². The Morgan fingerprint density at radius 3 is 2.57 bits per heavy atom. The van der Waals surface area contributed by atoms with E-state index in [0.717, 1.165) is 36.2 Å². The summed E-state index contributed by atoms with van der Waals surface area (Å²) < 4.78 is 0. The van der Waals surface area contributed by atoms with E-state index in [-0.39, 0.29) is 5.60 Å². The maximum absolute atomic E-state index is 10.4. The van der Waals surface area contributed by atoms with Crippen LogP contribution in [0.5, 0.6) is 0 Å². The highest BCUT2D eigenvalue weighted by Gasteiger charge is 2.40. The van der Waals surface area contributed by atoms with E-state index in [4.69, 9.17) is 0 Å². The highest BCUT2D eigenvalue weighted by atomic mass is 32.2. The van der Waals surface area contributed by atoms with Crippen molar-refractivity contribution in [3.63, 3.8) is 0 Å². The maximum atomic E-state index is 10.4. The van der Waals surface area contributed by atoms with Gasteiger partial charge >= 0.3 is 0 Å². The van der Waals surface area contributed by atoms with E-state index in [0.29, 0.717) is 0 Å². The molecule has 0 aromatic carbocycles. The molecule has 80 valence electrons. The molecule has 2 aliphatic heterocycles. The minimum absolute atomic E-state index is 0.366. The van der Waals surface area contributed by atoms with Gasteiger partial charge in [-0.25, -0.2) is 0 Å². The largest absolute Gasteiger partial charge is 0.390 e. The van der Waals surface area contributed by atoms with Gasteiger partial charge in [0.2, 0.25) is 0 Å². The van der Waals surface area contributed by atoms with Gasteiger partial charge in [-0.2, -0.15) is 11.8 Å². The Bertz CT molecular complexity index is 202. The zero-order valence-electron chi connectivity index (χ0n) is 8.74. The molecular formula is C12H20OS. The number of allylic oxidation sites excluding steroid dienone is 1. The molecule has 1 nitrogen and oxygen atoms in total. The van der Waals surface area contributed by atoms with Crippen LogP contribution in [0, 0.1) is 0 Å². The van der Waals surface area contributed by atoms with Crippen molar-refractivity contribution in [1.29, 1.82) is 0 Å². The Labute approximate surface area is 91.0 Å². The third-order valence-corrected chi connectivity index (χ3v) is 5.04. The predicted molar refractivity (Wildman–Crippen MR) is 62.6 cm³/mol. The van der Waals surface area contributed by atoms with E-state index in [1.165, 1.54) is 19.3 Å². The standard InChI is InChI=1S/C12H20OS/c1-2-3-7-12(13)8-10-5-4-6-11(9-12)14-10/h2,10-11,13H,1,3-9H2. The van der Waals surface area contributed by atoms with Crippen molar-refractivity contribution in [1.82, 2.24) is 0 Å². The van der Waals surface area contributed by atoms with Crippen LogP contribution in [-0.4, -0.2) is 21.2 Å². The Balaban J connectivity index is 1.96. The van der Waals surface area contributed by atoms with E-state index < -0.39 is 0 Å². The maximum Gasteiger partial charge on any atom is 0.0671 e. The molecule has 2 heteroatoms. The van der Waals surface area contributed by atoms with E-state index in [1.807, 2.05) is 6.08 Å². The van der Waals surface area contributed by atoms with Crippen LogP contribution in [0.2, 0.25) is 0 Å². The van der Waals surface area contributed by atoms with Gasteiger partial charge in [0.15, 0.2) is 0 Å². The Morgan fingerprint density at radius 1 is 1.36 bits per heavy atom. The second-order valence-electron chi connectivity index (χ2n) is 4.77. The summed E-state index contributed by atoms with van der Waals surface area (Å²) >= 11 is 2.12. The van der Waals surface area contributed by atoms with Crippen LogP contribution in [0.4, 0.5) is 0 Å². The molecule has 2 fully saturated rings. The molecule has 2 atom stereocenters. The normalized spacial score (nSPS) is 42.1. The summed E-state index contributed by atoms with van der Waals surface area (Å²) in [6.07, 6.45) is 9.85. The molecule has 2 unspecified atom stereocenters. The van der Waals surface area contributed by atoms with Gasteiger partial charge in [-0.3, -0.25) is 0 Å². The summed E-state index contributed by atoms with van der Waals surface area (Å²) in [5.74, 6) is 0. The van der Waals surface area contributed by atoms with Crippen LogP contribution >= 0.6 is 11.8 Å². The van der Waals surface area contributed by atoms with Gasteiger partial charge < -0.3 is 5.11 Å². The Hall–Kier alpha value is 0.0500. The molecule has 0 aromatic heterocycles. The summed E-state index contributed by atoms with van der Waals surface area (Å²) in [5.41, 5.74) is -0.366. The fourth-order valence-corrected chi connectivity index (χ4v) is 4.75. The number of thioether (sulfide) groups is 1. The van der Waals surface area contributed by atoms with Crippen LogP contribution in [0.25, 0.3) is 0 Å². The molecule has 0 amide bonds. The van der Waals surface area contributed by atoms with Crippen LogP contribution in [-0.2, 0) is 0 Å². The smallest absolute Gasteiger partial charge is 0.0671 e. The van der Waals surface area contributed by atoms with Crippen LogP contribution in [0.1, 0.15) is 44.9 Å². The third-order valence-electron chi connectivity index (χ3n) is 3.47. The quantitative estimate of drug-likeness (QED) is 0.725. The first-order valence-corrected chi connectivity index (χ1v) is 6.65. The number of hydrogen-bond donors (Lipinski definition) is 1. The van der Waals surface area contributed by atoms with Crippen LogP contribution in [0.15, 0.2) is 12.7 Å². The molecule has 1 N–H and O–H groups in total. The zero-order chi connectivity index (χ0) is 10.0. The van der Waals surface area contributed by atoms with Gasteiger partial charge in [0.05, 0.1) is 5.60 Å². The van der Waals surface area contributed by atoms with E-state index in [2.05, 4.69) is 18.3 Å². The summed E-state index contributed by atoms with van der Waals surface area (Å²) in [4.78, 5) is 0. The van der Waals surface area contributed by atoms with Gasteiger partial charge in [-0.15, -0.1) is 6.58 Å². The highest BCUT2D eigenvalue weighted by Crippen LogP contribution is 2.46. The Kier molecular flexibility index (Phi) is 3.23. The van der Waals surface area contributed by atoms with Crippen molar-refractivity contribution >= 4 is 11.8 Å². The number of rotatable bonds is 3. The van der Waals surface area contributed by atoms with Gasteiger partial charge in [-0.05, 0) is 38.5 Å². The predicted octanol–water partition coefficient (Wildman–Crippen LogP) is 3.13. The number of fused-ring (bicyclic) bond motifs is 2. The monoisotopic (exact) mass is 212 g/mol. The summed E-state index contributed by atoms with van der Waals surface area (Å²) in [7, 11) is 0. The summed E-state index contributed by atoms with van der Waals surface area (Å²) in [6, 6.07) is 0. The lowest BCUT2D eigenvalue weighted by atomic mass is 9.82. The second-order valence-corrected chi connectivity index (χ2v) is 6.38. The molecule has 0 radical (unpaired) electrons. The third kappa shape index (κ3) is 2.34. The van der Waals surface area contributed by atoms with Crippen LogP contribution < -0.4 is 0 Å². The van der Waals surface area contributed by atoms with Crippen molar-refractivity contribution in [3.05, 3.63) is 12.7 Å². The van der Waals surface area contributed by atoms with E-state index in [1.54, 1.807) is 0 Å². The average Bonchev–Trinajstić information content (AvgIpc) is 2.14. The van der Waals surface area contributed by atoms with Gasteiger partial charge in [0.1, 0.15) is 0 Å². The molecule has 0 aliphatic carbocycles. The molecule has 2 heterocycles. The lowest BCUT2D eigenvalue weighted by Crippen LogP contribution is -2.42. The van der Waals surface area contributed by atoms with E-state index in [9.17, 15) is 5.11 Å². The fraction of sp³-hybridized carbons (Fsp3) is 0.833. The van der Waals surface area contributed by atoms with Crippen molar-refractivity contribution < 1.29 is 5.11 Å². The van der Waals surface area contributed by atoms with Gasteiger partial charge in [0, 0.05) is 10.5 Å². The van der Waals surface area contributed by atoms with Crippen molar-refractivity contribution in [2.24, 2.45) is 0 Å². The SMILES string of the molecule is C=CCCC1(O)CC2CCCC(C1)S2. The first kappa shape index (κ1) is 10.6. The average molecular weight is 212 g/mol. The number of hydrogen-bond acceptors (Lipinski definition) is 2. The summed E-state index contributed by atoms with van der Waals surface area (Å²) in [5, 5.41) is 11.9. The molecule has 2 bridgehead atoms. The molecular weight excluding hydrogens is 192 g/mol. The minimum atomic E-state index is -0.366. The first-order valence-electron chi connectivity index (χ1n) is 5.71. The summed E-state index contributed by atoms with van der Waals surface area (Å²) in [6.45, 7) is 3.73. The first-order chi connectivity index (χ1) is 6.72. The van der Waals surface area contributed by atoms with Crippen molar-refractivity contribution in [2.45, 2.75) is 61.0 Å². The fourth-order valence-electron chi connectivity index (χ4n) is 2.79. The van der Waals surface area contributed by atoms with Crippen molar-refractivity contribution in [3.8, 4) is 0 Å². The van der Waals surface area contributed by atoms with E-state index >= 15 is 0 Å². The molecule has 2 aliphatic rings. The highest BCUT2D eigenvalue weighted by molar-refractivity contribution is 8.00. The van der Waals surface area contributed by atoms with Gasteiger partial charge in [0.25, 0.3) is 0 Å². The minimum Gasteiger partial charge on any atom is -0.390 e. The second kappa shape index (κ2) is 4.28. The number of aliphatic hydroxyl groups is 1. The topological polar surface area (TPSA) is 20.2 Å². The molecule has 2 rings (SSSR count). The van der Waals surface area contributed by atoms with Crippen LogP contribution in [0.3, 0.4) is 0 Å². The Morgan fingerprint density at radius 2 is 2.00 bits per heavy atom. The van der Waals surface area contributed by atoms with Gasteiger partial charge in [-0.1, -0.05) is 12.5 Å². The molecule has 0 aromatic rings.